The van der Waals surface area contributed by atoms with E-state index in [2.05, 4.69) is 39.0 Å². The average Bonchev–Trinajstić information content (AvgIpc) is 2.38. The molecule has 1 aliphatic rings. The topological polar surface area (TPSA) is 20.3 Å². The zero-order valence-electron chi connectivity index (χ0n) is 13.3. The second-order valence-electron chi connectivity index (χ2n) is 6.40. The molecule has 0 saturated heterocycles. The number of Topliss-reactive ketones (excluding diaryl/α,β-unsaturated/α-hetero) is 1. The minimum Gasteiger partial charge on any atom is -0.302 e. The fourth-order valence-corrected chi connectivity index (χ4v) is 4.05. The van der Waals surface area contributed by atoms with E-state index >= 15 is 0 Å². The molecule has 3 unspecified atom stereocenters. The van der Waals surface area contributed by atoms with Crippen molar-refractivity contribution in [1.29, 1.82) is 0 Å². The molecule has 0 amide bonds. The molecule has 1 aliphatic carbocycles. The van der Waals surface area contributed by atoms with E-state index in [1.54, 1.807) is 0 Å². The van der Waals surface area contributed by atoms with Crippen molar-refractivity contribution >= 4 is 17.5 Å². The van der Waals surface area contributed by atoms with Gasteiger partial charge >= 0.3 is 0 Å². The van der Waals surface area contributed by atoms with E-state index in [1.165, 1.54) is 12.2 Å². The zero-order valence-corrected chi connectivity index (χ0v) is 14.1. The number of carbonyl (C=O) groups is 1. The number of nitrogens with zero attached hydrogens (tertiary/aromatic N) is 1. The van der Waals surface area contributed by atoms with Gasteiger partial charge in [-0.2, -0.15) is 11.8 Å². The molecule has 1 rings (SSSR count). The van der Waals surface area contributed by atoms with Gasteiger partial charge in [0.1, 0.15) is 5.78 Å². The summed E-state index contributed by atoms with van der Waals surface area (Å²) in [6.45, 7) is 7.80. The molecule has 0 N–H and O–H groups in total. The third kappa shape index (κ3) is 5.11. The highest BCUT2D eigenvalue weighted by molar-refractivity contribution is 7.98. The summed E-state index contributed by atoms with van der Waals surface area (Å²) in [7, 11) is 2.19. The van der Waals surface area contributed by atoms with E-state index in [4.69, 9.17) is 0 Å². The molecule has 0 aromatic heterocycles. The fraction of sp³-hybridized carbons (Fsp3) is 0.938. The zero-order chi connectivity index (χ0) is 14.4. The van der Waals surface area contributed by atoms with Crippen LogP contribution in [0.3, 0.4) is 0 Å². The van der Waals surface area contributed by atoms with E-state index in [-0.39, 0.29) is 5.92 Å². The van der Waals surface area contributed by atoms with E-state index in [0.29, 0.717) is 17.7 Å². The Labute approximate surface area is 123 Å². The van der Waals surface area contributed by atoms with Crippen LogP contribution in [0, 0.1) is 17.8 Å². The first-order valence-electron chi connectivity index (χ1n) is 7.71. The maximum absolute atomic E-state index is 12.1. The largest absolute Gasteiger partial charge is 0.302 e. The highest BCUT2D eigenvalue weighted by Gasteiger charge is 2.31. The van der Waals surface area contributed by atoms with Crippen molar-refractivity contribution in [2.75, 3.05) is 25.6 Å². The number of ketones is 1. The molecule has 0 bridgehead atoms. The van der Waals surface area contributed by atoms with Gasteiger partial charge in [-0.05, 0) is 44.4 Å². The van der Waals surface area contributed by atoms with Crippen molar-refractivity contribution in [3.05, 3.63) is 0 Å². The molecule has 0 aromatic carbocycles. The van der Waals surface area contributed by atoms with Crippen molar-refractivity contribution in [3.63, 3.8) is 0 Å². The van der Waals surface area contributed by atoms with E-state index in [1.807, 2.05) is 11.8 Å². The summed E-state index contributed by atoms with van der Waals surface area (Å²) >= 11 is 1.90. The molecule has 0 aliphatic heterocycles. The maximum Gasteiger partial charge on any atom is 0.137 e. The molecule has 1 saturated carbocycles. The first-order chi connectivity index (χ1) is 8.99. The Balaban J connectivity index is 2.55. The van der Waals surface area contributed by atoms with Gasteiger partial charge in [0.25, 0.3) is 0 Å². The molecule has 0 aromatic rings. The van der Waals surface area contributed by atoms with Crippen molar-refractivity contribution in [1.82, 2.24) is 4.90 Å². The van der Waals surface area contributed by atoms with Crippen LogP contribution in [-0.2, 0) is 4.79 Å². The number of carbonyl (C=O) groups excluding carboxylic acids is 1. The summed E-state index contributed by atoms with van der Waals surface area (Å²) in [5, 5.41) is 0. The van der Waals surface area contributed by atoms with Crippen molar-refractivity contribution < 1.29 is 4.79 Å². The molecule has 1 fully saturated rings. The second kappa shape index (κ2) is 8.31. The standard InChI is InChI=1S/C16H31NOS/c1-6-15(11-19-5)17(4)10-14-9-13(12(2)3)7-8-16(14)18/h12-15H,6-11H2,1-5H3. The van der Waals surface area contributed by atoms with Gasteiger partial charge in [0, 0.05) is 30.7 Å². The number of rotatable bonds is 7. The summed E-state index contributed by atoms with van der Waals surface area (Å²) in [5.41, 5.74) is 0. The third-order valence-corrected chi connectivity index (χ3v) is 5.43. The molecule has 112 valence electrons. The molecule has 2 nitrogen and oxygen atoms in total. The maximum atomic E-state index is 12.1. The Morgan fingerprint density at radius 3 is 2.63 bits per heavy atom. The quantitative estimate of drug-likeness (QED) is 0.711. The van der Waals surface area contributed by atoms with Crippen LogP contribution in [0.15, 0.2) is 0 Å². The van der Waals surface area contributed by atoms with Crippen LogP contribution in [0.1, 0.15) is 46.5 Å². The highest BCUT2D eigenvalue weighted by Crippen LogP contribution is 2.32. The Hall–Kier alpha value is -0.0200. The third-order valence-electron chi connectivity index (χ3n) is 4.71. The van der Waals surface area contributed by atoms with Crippen LogP contribution in [-0.4, -0.2) is 42.3 Å². The Bertz CT molecular complexity index is 280. The second-order valence-corrected chi connectivity index (χ2v) is 7.31. The summed E-state index contributed by atoms with van der Waals surface area (Å²) < 4.78 is 0. The van der Waals surface area contributed by atoms with Crippen LogP contribution >= 0.6 is 11.8 Å². The molecule has 3 atom stereocenters. The van der Waals surface area contributed by atoms with Gasteiger partial charge in [0.15, 0.2) is 0 Å². The summed E-state index contributed by atoms with van der Waals surface area (Å²) in [6, 6.07) is 0.613. The van der Waals surface area contributed by atoms with Gasteiger partial charge in [-0.1, -0.05) is 20.8 Å². The number of hydrogen-bond acceptors (Lipinski definition) is 3. The summed E-state index contributed by atoms with van der Waals surface area (Å²) in [6.07, 6.45) is 6.36. The normalized spacial score (nSPS) is 26.2. The lowest BCUT2D eigenvalue weighted by Crippen LogP contribution is -2.41. The molecule has 0 radical (unpaired) electrons. The first kappa shape index (κ1) is 17.0. The lowest BCUT2D eigenvalue weighted by molar-refractivity contribution is -0.126. The SMILES string of the molecule is CCC(CSC)N(C)CC1CC(C(C)C)CCC1=O. The van der Waals surface area contributed by atoms with Crippen LogP contribution < -0.4 is 0 Å². The van der Waals surface area contributed by atoms with Crippen molar-refractivity contribution in [2.45, 2.75) is 52.5 Å². The Morgan fingerprint density at radius 2 is 2.11 bits per heavy atom. The van der Waals surface area contributed by atoms with Gasteiger partial charge in [-0.15, -0.1) is 0 Å². The van der Waals surface area contributed by atoms with E-state index < -0.39 is 0 Å². The van der Waals surface area contributed by atoms with Crippen LogP contribution in [0.25, 0.3) is 0 Å². The van der Waals surface area contributed by atoms with Gasteiger partial charge in [0.05, 0.1) is 0 Å². The van der Waals surface area contributed by atoms with Crippen LogP contribution in [0.4, 0.5) is 0 Å². The molecule has 19 heavy (non-hydrogen) atoms. The minimum atomic E-state index is 0.280. The van der Waals surface area contributed by atoms with Crippen LogP contribution in [0.5, 0.6) is 0 Å². The molecular formula is C16H31NOS. The van der Waals surface area contributed by atoms with Gasteiger partial charge in [-0.3, -0.25) is 4.79 Å². The average molecular weight is 285 g/mol. The van der Waals surface area contributed by atoms with E-state index in [9.17, 15) is 4.79 Å². The van der Waals surface area contributed by atoms with Crippen molar-refractivity contribution in [2.24, 2.45) is 17.8 Å². The molecular weight excluding hydrogens is 254 g/mol. The Kier molecular flexibility index (Phi) is 7.45. The first-order valence-corrected chi connectivity index (χ1v) is 9.10. The summed E-state index contributed by atoms with van der Waals surface area (Å²) in [5.74, 6) is 3.41. The molecule has 3 heteroatoms. The molecule has 0 spiro atoms. The van der Waals surface area contributed by atoms with Gasteiger partial charge in [0.2, 0.25) is 0 Å². The van der Waals surface area contributed by atoms with E-state index in [0.717, 1.165) is 31.7 Å². The predicted octanol–water partition coefficient (Wildman–Crippen LogP) is 3.70. The number of hydrogen-bond donors (Lipinski definition) is 0. The van der Waals surface area contributed by atoms with Crippen LogP contribution in [0.2, 0.25) is 0 Å². The van der Waals surface area contributed by atoms with Crippen molar-refractivity contribution in [3.8, 4) is 0 Å². The lowest BCUT2D eigenvalue weighted by atomic mass is 9.75. The van der Waals surface area contributed by atoms with Gasteiger partial charge in [-0.25, -0.2) is 0 Å². The fourth-order valence-electron chi connectivity index (χ4n) is 3.17. The molecule has 0 heterocycles. The predicted molar refractivity (Wildman–Crippen MR) is 85.8 cm³/mol. The smallest absolute Gasteiger partial charge is 0.137 e. The van der Waals surface area contributed by atoms with Gasteiger partial charge < -0.3 is 4.90 Å². The summed E-state index contributed by atoms with van der Waals surface area (Å²) in [4.78, 5) is 14.6. The lowest BCUT2D eigenvalue weighted by Gasteiger charge is -2.35. The monoisotopic (exact) mass is 285 g/mol. The minimum absolute atomic E-state index is 0.280. The number of thioether (sulfide) groups is 1. The highest BCUT2D eigenvalue weighted by atomic mass is 32.2. The Morgan fingerprint density at radius 1 is 1.42 bits per heavy atom.